The van der Waals surface area contributed by atoms with E-state index in [0.29, 0.717) is 11.2 Å². The van der Waals surface area contributed by atoms with Crippen LogP contribution < -0.4 is 0 Å². The zero-order chi connectivity index (χ0) is 14.9. The first-order chi connectivity index (χ1) is 10.7. The third-order valence-electron chi connectivity index (χ3n) is 5.73. The maximum absolute atomic E-state index is 2.48. The fourth-order valence-electron chi connectivity index (χ4n) is 4.21. The average Bonchev–Trinajstić information content (AvgIpc) is 3.04. The summed E-state index contributed by atoms with van der Waals surface area (Å²) >= 11 is 4.06. The van der Waals surface area contributed by atoms with E-state index in [1.165, 1.54) is 26.6 Å². The summed E-state index contributed by atoms with van der Waals surface area (Å²) in [6, 6.07) is 13.6. The first-order valence-corrected chi connectivity index (χ1v) is 9.67. The van der Waals surface area contributed by atoms with Crippen molar-refractivity contribution < 1.29 is 0 Å². The molecule has 1 aliphatic carbocycles. The summed E-state index contributed by atoms with van der Waals surface area (Å²) < 4.78 is 2.85. The Labute approximate surface area is 139 Å². The first kappa shape index (κ1) is 13.2. The highest BCUT2D eigenvalue weighted by molar-refractivity contribution is 8.00. The molecule has 2 aromatic carbocycles. The molecule has 3 atom stereocenters. The highest BCUT2D eigenvalue weighted by Crippen LogP contribution is 2.59. The van der Waals surface area contributed by atoms with Gasteiger partial charge in [-0.2, -0.15) is 0 Å². The van der Waals surface area contributed by atoms with Gasteiger partial charge in [0.1, 0.15) is 0 Å². The monoisotopic (exact) mass is 322 g/mol. The summed E-state index contributed by atoms with van der Waals surface area (Å²) in [4.78, 5) is 1.55. The topological polar surface area (TPSA) is 0 Å². The Morgan fingerprint density at radius 1 is 1.09 bits per heavy atom. The van der Waals surface area contributed by atoms with Crippen LogP contribution in [0.25, 0.3) is 20.2 Å². The Bertz CT molecular complexity index is 933. The number of allylic oxidation sites excluding steroid dienone is 2. The van der Waals surface area contributed by atoms with Crippen molar-refractivity contribution in [3.63, 3.8) is 0 Å². The predicted octanol–water partition coefficient (Wildman–Crippen LogP) is 6.38. The maximum atomic E-state index is 2.48. The number of rotatable bonds is 0. The summed E-state index contributed by atoms with van der Waals surface area (Å²) in [7, 11) is 0. The molecule has 2 heterocycles. The van der Waals surface area contributed by atoms with Crippen molar-refractivity contribution in [1.82, 2.24) is 0 Å². The molecule has 110 valence electrons. The van der Waals surface area contributed by atoms with Gasteiger partial charge in [-0.25, -0.2) is 0 Å². The Morgan fingerprint density at radius 2 is 1.95 bits per heavy atom. The molecule has 2 aliphatic rings. The van der Waals surface area contributed by atoms with E-state index < -0.39 is 0 Å². The zero-order valence-corrected chi connectivity index (χ0v) is 14.4. The summed E-state index contributed by atoms with van der Waals surface area (Å²) in [6.45, 7) is 4.86. The van der Waals surface area contributed by atoms with Gasteiger partial charge in [0.2, 0.25) is 0 Å². The van der Waals surface area contributed by atoms with E-state index in [1.807, 2.05) is 11.3 Å². The lowest BCUT2D eigenvalue weighted by atomic mass is 9.67. The van der Waals surface area contributed by atoms with Gasteiger partial charge in [0, 0.05) is 35.7 Å². The molecule has 0 radical (unpaired) electrons. The molecular weight excluding hydrogens is 304 g/mol. The van der Waals surface area contributed by atoms with Crippen LogP contribution in [0.3, 0.4) is 0 Å². The lowest BCUT2D eigenvalue weighted by Gasteiger charge is -2.38. The standard InChI is InChI=1S/C20H18S2/c1-12-6-5-9-17-20(12,2)14-10-11-16-18(19(14)22-17)13-7-3-4-8-15(13)21-16/h3-8,10-12,17H,9H2,1-2H3. The molecule has 0 spiro atoms. The molecule has 0 amide bonds. The molecule has 0 bridgehead atoms. The maximum Gasteiger partial charge on any atom is 0.0366 e. The van der Waals surface area contributed by atoms with Crippen LogP contribution in [0.2, 0.25) is 0 Å². The largest absolute Gasteiger partial charge is 0.135 e. The third-order valence-corrected chi connectivity index (χ3v) is 8.49. The molecule has 5 rings (SSSR count). The summed E-state index contributed by atoms with van der Waals surface area (Å²) in [5.41, 5.74) is 1.86. The van der Waals surface area contributed by atoms with Gasteiger partial charge < -0.3 is 0 Å². The van der Waals surface area contributed by atoms with Crippen molar-refractivity contribution in [2.75, 3.05) is 0 Å². The van der Waals surface area contributed by atoms with Gasteiger partial charge in [0.05, 0.1) is 0 Å². The second-order valence-electron chi connectivity index (χ2n) is 6.76. The lowest BCUT2D eigenvalue weighted by Crippen LogP contribution is -2.38. The van der Waals surface area contributed by atoms with Gasteiger partial charge in [-0.1, -0.05) is 50.3 Å². The van der Waals surface area contributed by atoms with E-state index in [0.717, 1.165) is 0 Å². The lowest BCUT2D eigenvalue weighted by molar-refractivity contribution is 0.347. The highest BCUT2D eigenvalue weighted by Gasteiger charge is 2.48. The van der Waals surface area contributed by atoms with E-state index in [9.17, 15) is 0 Å². The van der Waals surface area contributed by atoms with Crippen molar-refractivity contribution in [2.24, 2.45) is 5.92 Å². The van der Waals surface area contributed by atoms with Crippen LogP contribution in [0.1, 0.15) is 25.8 Å². The van der Waals surface area contributed by atoms with E-state index in [4.69, 9.17) is 0 Å². The number of thioether (sulfide) groups is 1. The Morgan fingerprint density at radius 3 is 2.86 bits per heavy atom. The predicted molar refractivity (Wildman–Crippen MR) is 99.2 cm³/mol. The number of benzene rings is 2. The molecule has 0 saturated carbocycles. The minimum absolute atomic E-state index is 0.284. The van der Waals surface area contributed by atoms with E-state index in [1.54, 1.807) is 10.5 Å². The Balaban J connectivity index is 1.88. The van der Waals surface area contributed by atoms with Gasteiger partial charge in [0.25, 0.3) is 0 Å². The molecule has 0 N–H and O–H groups in total. The van der Waals surface area contributed by atoms with Gasteiger partial charge >= 0.3 is 0 Å². The second-order valence-corrected chi connectivity index (χ2v) is 9.05. The molecular formula is C20H18S2. The second kappa shape index (κ2) is 4.39. The number of hydrogen-bond donors (Lipinski definition) is 0. The molecule has 0 saturated heterocycles. The van der Waals surface area contributed by atoms with Crippen molar-refractivity contribution in [2.45, 2.75) is 35.8 Å². The summed E-state index contributed by atoms with van der Waals surface area (Å²) in [5.74, 6) is 0.613. The van der Waals surface area contributed by atoms with Gasteiger partial charge in [0.15, 0.2) is 0 Å². The SMILES string of the molecule is CC1C=CCC2Sc3c(ccc4sc5ccccc5c34)C12C. The number of fused-ring (bicyclic) bond motifs is 7. The minimum Gasteiger partial charge on any atom is -0.135 e. The normalized spacial score (nSPS) is 29.9. The first-order valence-electron chi connectivity index (χ1n) is 7.97. The van der Waals surface area contributed by atoms with Crippen molar-refractivity contribution in [1.29, 1.82) is 0 Å². The van der Waals surface area contributed by atoms with E-state index in [-0.39, 0.29) is 5.41 Å². The van der Waals surface area contributed by atoms with Crippen LogP contribution in [-0.4, -0.2) is 5.25 Å². The van der Waals surface area contributed by atoms with Gasteiger partial charge in [-0.05, 0) is 30.0 Å². The average molecular weight is 322 g/mol. The van der Waals surface area contributed by atoms with Crippen molar-refractivity contribution in [3.8, 4) is 0 Å². The fraction of sp³-hybridized carbons (Fsp3) is 0.300. The van der Waals surface area contributed by atoms with E-state index in [2.05, 4.69) is 74.2 Å². The number of hydrogen-bond acceptors (Lipinski definition) is 2. The van der Waals surface area contributed by atoms with Crippen LogP contribution in [0.15, 0.2) is 53.4 Å². The van der Waals surface area contributed by atoms with Gasteiger partial charge in [-0.3, -0.25) is 0 Å². The molecule has 3 aromatic rings. The summed E-state index contributed by atoms with van der Waals surface area (Å²) in [5, 5.41) is 3.63. The smallest absolute Gasteiger partial charge is 0.0366 e. The van der Waals surface area contributed by atoms with E-state index >= 15 is 0 Å². The van der Waals surface area contributed by atoms with Crippen LogP contribution in [0.4, 0.5) is 0 Å². The molecule has 0 nitrogen and oxygen atoms in total. The molecule has 1 aliphatic heterocycles. The fourth-order valence-corrected chi connectivity index (χ4v) is 7.22. The number of thiophene rings is 1. The van der Waals surface area contributed by atoms with Crippen LogP contribution >= 0.6 is 23.1 Å². The van der Waals surface area contributed by atoms with Crippen LogP contribution in [0.5, 0.6) is 0 Å². The van der Waals surface area contributed by atoms with Gasteiger partial charge in [-0.15, -0.1) is 23.1 Å². The van der Waals surface area contributed by atoms with Crippen molar-refractivity contribution >= 4 is 43.3 Å². The molecule has 0 fully saturated rings. The molecule has 2 heteroatoms. The van der Waals surface area contributed by atoms with Crippen LogP contribution in [0, 0.1) is 5.92 Å². The molecule has 22 heavy (non-hydrogen) atoms. The quantitative estimate of drug-likeness (QED) is 0.433. The van der Waals surface area contributed by atoms with Crippen molar-refractivity contribution in [3.05, 3.63) is 54.1 Å². The Kier molecular flexibility index (Phi) is 2.64. The Hall–Kier alpha value is -1.25. The summed E-state index contributed by atoms with van der Waals surface area (Å²) in [6.07, 6.45) is 6.00. The molecule has 1 aromatic heterocycles. The minimum atomic E-state index is 0.284. The molecule has 3 unspecified atom stereocenters. The zero-order valence-electron chi connectivity index (χ0n) is 12.8. The third kappa shape index (κ3) is 1.50. The highest BCUT2D eigenvalue weighted by atomic mass is 32.2. The van der Waals surface area contributed by atoms with Crippen LogP contribution in [-0.2, 0) is 5.41 Å².